The molecule has 11 rings (SSSR count). The molecule has 2 aliphatic carbocycles. The second-order valence-corrected chi connectivity index (χ2v) is 14.6. The summed E-state index contributed by atoms with van der Waals surface area (Å²) in [6.07, 6.45) is 0. The lowest BCUT2D eigenvalue weighted by molar-refractivity contribution is 0.794. The Balaban J connectivity index is 1.02. The van der Waals surface area contributed by atoms with E-state index in [0.717, 1.165) is 50.1 Å². The third-order valence-corrected chi connectivity index (χ3v) is 11.6. The number of hydrogen-bond acceptors (Lipinski definition) is 3. The van der Waals surface area contributed by atoms with Crippen molar-refractivity contribution >= 4 is 5.69 Å². The molecule has 0 aliphatic heterocycles. The first-order valence-corrected chi connectivity index (χ1v) is 19.1. The third kappa shape index (κ3) is 5.03. The van der Waals surface area contributed by atoms with Crippen LogP contribution in [0.4, 0.5) is 5.69 Å². The molecule has 0 saturated heterocycles. The number of aromatic nitrogens is 3. The number of fused-ring (bicyclic) bond motifs is 10. The fourth-order valence-corrected chi connectivity index (χ4v) is 9.08. The Bertz CT molecular complexity index is 3030. The van der Waals surface area contributed by atoms with Gasteiger partial charge in [-0.2, -0.15) is 0 Å². The van der Waals surface area contributed by atoms with Gasteiger partial charge in [0.2, 0.25) is 0 Å². The van der Waals surface area contributed by atoms with E-state index in [1.807, 2.05) is 48.5 Å². The number of hydrogen-bond donors (Lipinski definition) is 0. The molecule has 9 aromatic rings. The summed E-state index contributed by atoms with van der Waals surface area (Å²) in [5.41, 5.74) is 16.9. The lowest BCUT2D eigenvalue weighted by Gasteiger charge is -2.30. The first kappa shape index (κ1) is 32.7. The molecule has 1 heterocycles. The van der Waals surface area contributed by atoms with Gasteiger partial charge in [-0.3, -0.25) is 0 Å². The maximum atomic E-state index is 8.22. The van der Waals surface area contributed by atoms with Gasteiger partial charge in [0.1, 0.15) is 0 Å². The molecule has 0 radical (unpaired) electrons. The molecule has 8 aromatic carbocycles. The zero-order chi connectivity index (χ0) is 37.9. The van der Waals surface area contributed by atoms with E-state index >= 15 is 0 Å². The van der Waals surface area contributed by atoms with Gasteiger partial charge >= 0.3 is 0 Å². The molecule has 1 aromatic heterocycles. The van der Waals surface area contributed by atoms with Gasteiger partial charge in [-0.05, 0) is 78.9 Å². The van der Waals surface area contributed by atoms with Gasteiger partial charge in [-0.25, -0.2) is 19.8 Å². The van der Waals surface area contributed by atoms with Crippen molar-refractivity contribution in [3.63, 3.8) is 0 Å². The summed E-state index contributed by atoms with van der Waals surface area (Å²) in [5.74, 6) is 1.86. The van der Waals surface area contributed by atoms with Crippen molar-refractivity contribution in [2.75, 3.05) is 0 Å². The molecule has 0 amide bonds. The van der Waals surface area contributed by atoms with Crippen LogP contribution in [0.5, 0.6) is 0 Å². The summed E-state index contributed by atoms with van der Waals surface area (Å²) < 4.78 is 0. The number of rotatable bonds is 5. The maximum absolute atomic E-state index is 8.22. The van der Waals surface area contributed by atoms with Crippen molar-refractivity contribution in [1.82, 2.24) is 15.0 Å². The fraction of sp³-hybridized carbons (Fsp3) is 0.0189. The second kappa shape index (κ2) is 12.9. The third-order valence-electron chi connectivity index (χ3n) is 11.6. The van der Waals surface area contributed by atoms with Gasteiger partial charge in [0.25, 0.3) is 0 Å². The van der Waals surface area contributed by atoms with Crippen LogP contribution in [0.25, 0.3) is 83.5 Å². The summed E-state index contributed by atoms with van der Waals surface area (Å²) in [6.45, 7) is 8.22. The summed E-state index contributed by atoms with van der Waals surface area (Å²) >= 11 is 0. The van der Waals surface area contributed by atoms with Crippen molar-refractivity contribution in [2.24, 2.45) is 0 Å². The van der Waals surface area contributed by atoms with Gasteiger partial charge in [0, 0.05) is 16.7 Å². The summed E-state index contributed by atoms with van der Waals surface area (Å²) in [4.78, 5) is 19.1. The van der Waals surface area contributed by atoms with Crippen LogP contribution in [0.1, 0.15) is 22.3 Å². The van der Waals surface area contributed by atoms with Crippen LogP contribution < -0.4 is 0 Å². The van der Waals surface area contributed by atoms with E-state index in [4.69, 9.17) is 21.5 Å². The van der Waals surface area contributed by atoms with E-state index in [1.165, 1.54) is 33.4 Å². The second-order valence-electron chi connectivity index (χ2n) is 14.6. The van der Waals surface area contributed by atoms with Crippen molar-refractivity contribution in [3.05, 3.63) is 228 Å². The van der Waals surface area contributed by atoms with Crippen molar-refractivity contribution < 1.29 is 0 Å². The zero-order valence-corrected chi connectivity index (χ0v) is 30.8. The first-order chi connectivity index (χ1) is 28.2. The highest BCUT2D eigenvalue weighted by atomic mass is 15.0. The first-order valence-electron chi connectivity index (χ1n) is 19.1. The van der Waals surface area contributed by atoms with Crippen molar-refractivity contribution in [1.29, 1.82) is 0 Å². The Hall–Kier alpha value is -7.74. The molecule has 0 N–H and O–H groups in total. The van der Waals surface area contributed by atoms with Crippen LogP contribution in [-0.4, -0.2) is 15.0 Å². The standard InChI is InChI=1S/C53H32N4/c1-54-48-25-13-24-47-49(48)43-33-39(30-31-46(43)53(47)44-22-10-8-20-41(44)42-21-9-11-23-45(42)53)35-26-28-37(29-27-35)51-55-50(36-16-6-3-7-17-36)56-52(57-51)40-19-12-18-38(32-40)34-14-4-2-5-15-34/h2-33H. The van der Waals surface area contributed by atoms with Crippen LogP contribution in [-0.2, 0) is 5.41 Å². The molecule has 0 fully saturated rings. The summed E-state index contributed by atoms with van der Waals surface area (Å²) in [5, 5.41) is 0. The molecule has 0 saturated carbocycles. The van der Waals surface area contributed by atoms with Crippen molar-refractivity contribution in [2.45, 2.75) is 5.41 Å². The summed E-state index contributed by atoms with van der Waals surface area (Å²) in [7, 11) is 0. The lowest BCUT2D eigenvalue weighted by atomic mass is 9.70. The molecule has 2 aliphatic rings. The molecule has 1 spiro atoms. The molecular weight excluding hydrogens is 693 g/mol. The zero-order valence-electron chi connectivity index (χ0n) is 30.8. The highest BCUT2D eigenvalue weighted by Crippen LogP contribution is 2.64. The van der Waals surface area contributed by atoms with Gasteiger partial charge in [0.15, 0.2) is 23.2 Å². The van der Waals surface area contributed by atoms with Crippen LogP contribution in [0.2, 0.25) is 0 Å². The average Bonchev–Trinajstić information content (AvgIpc) is 3.77. The highest BCUT2D eigenvalue weighted by Gasteiger charge is 2.51. The highest BCUT2D eigenvalue weighted by molar-refractivity contribution is 6.00. The van der Waals surface area contributed by atoms with Gasteiger partial charge in [-0.15, -0.1) is 0 Å². The van der Waals surface area contributed by atoms with Crippen LogP contribution >= 0.6 is 0 Å². The molecule has 57 heavy (non-hydrogen) atoms. The van der Waals surface area contributed by atoms with Gasteiger partial charge in [0.05, 0.1) is 12.0 Å². The quantitative estimate of drug-likeness (QED) is 0.166. The van der Waals surface area contributed by atoms with E-state index in [0.29, 0.717) is 23.2 Å². The van der Waals surface area contributed by atoms with E-state index in [9.17, 15) is 0 Å². The van der Waals surface area contributed by atoms with E-state index in [2.05, 4.69) is 150 Å². The topological polar surface area (TPSA) is 43.0 Å². The molecule has 0 atom stereocenters. The normalized spacial score (nSPS) is 12.7. The lowest BCUT2D eigenvalue weighted by Crippen LogP contribution is -2.25. The minimum atomic E-state index is -0.492. The maximum Gasteiger partial charge on any atom is 0.195 e. The molecule has 4 nitrogen and oxygen atoms in total. The number of benzene rings is 8. The number of nitrogens with zero attached hydrogens (tertiary/aromatic N) is 4. The molecule has 0 unspecified atom stereocenters. The Morgan fingerprint density at radius 2 is 0.772 bits per heavy atom. The Labute approximate surface area is 331 Å². The van der Waals surface area contributed by atoms with Crippen LogP contribution in [0.15, 0.2) is 194 Å². The monoisotopic (exact) mass is 724 g/mol. The van der Waals surface area contributed by atoms with Gasteiger partial charge < -0.3 is 0 Å². The predicted molar refractivity (Wildman–Crippen MR) is 230 cm³/mol. The minimum absolute atomic E-state index is 0.492. The Kier molecular flexibility index (Phi) is 7.42. The van der Waals surface area contributed by atoms with Crippen LogP contribution in [0.3, 0.4) is 0 Å². The Morgan fingerprint density at radius 1 is 0.333 bits per heavy atom. The van der Waals surface area contributed by atoms with Crippen molar-refractivity contribution in [3.8, 4) is 78.7 Å². The predicted octanol–water partition coefficient (Wildman–Crippen LogP) is 13.1. The van der Waals surface area contributed by atoms with Gasteiger partial charge in [-0.1, -0.05) is 182 Å². The SMILES string of the molecule is [C-]#[N+]c1cccc2c1-c1cc(-c3ccc(-c4nc(-c5ccccc5)nc(-c5cccc(-c6ccccc6)c5)n4)cc3)ccc1C21c2ccccc2-c2ccccc21. The Morgan fingerprint density at radius 3 is 1.44 bits per heavy atom. The smallest absolute Gasteiger partial charge is 0.195 e. The molecular formula is C53H32N4. The molecule has 0 bridgehead atoms. The average molecular weight is 725 g/mol. The fourth-order valence-electron chi connectivity index (χ4n) is 9.08. The summed E-state index contributed by atoms with van der Waals surface area (Å²) in [6, 6.07) is 67.8. The van der Waals surface area contributed by atoms with E-state index < -0.39 is 5.41 Å². The minimum Gasteiger partial charge on any atom is -0.238 e. The van der Waals surface area contributed by atoms with Crippen LogP contribution in [0, 0.1) is 6.57 Å². The van der Waals surface area contributed by atoms with E-state index in [1.54, 1.807) is 0 Å². The molecule has 4 heteroatoms. The molecule has 264 valence electrons. The largest absolute Gasteiger partial charge is 0.238 e. The van der Waals surface area contributed by atoms with E-state index in [-0.39, 0.29) is 0 Å².